The number of aryl methyl sites for hydroxylation is 1. The molecule has 0 aliphatic heterocycles. The molecule has 0 saturated carbocycles. The molecule has 0 aromatic heterocycles. The maximum absolute atomic E-state index is 12.1. The maximum Gasteiger partial charge on any atom is 0.338 e. The number of nitrogens with one attached hydrogen (secondary N) is 1. The Morgan fingerprint density at radius 2 is 1.41 bits per heavy atom. The van der Waals surface area contributed by atoms with Gasteiger partial charge in [0.25, 0.3) is 0 Å². The van der Waals surface area contributed by atoms with E-state index in [-0.39, 0.29) is 12.6 Å². The minimum Gasteiger partial charge on any atom is -0.491 e. The fourth-order valence-electron chi connectivity index (χ4n) is 3.59. The minimum absolute atomic E-state index is 0.225. The third-order valence-corrected chi connectivity index (χ3v) is 5.68. The van der Waals surface area contributed by atoms with Crippen molar-refractivity contribution in [3.8, 4) is 5.75 Å². The summed E-state index contributed by atoms with van der Waals surface area (Å²) >= 11 is 0. The molecule has 0 saturated heterocycles. The number of hydrogen-bond acceptors (Lipinski definition) is 5. The van der Waals surface area contributed by atoms with Crippen molar-refractivity contribution in [3.05, 3.63) is 59.7 Å². The van der Waals surface area contributed by atoms with E-state index in [2.05, 4.69) is 31.3 Å². The number of carbonyl (C=O) groups excluding carboxylic acids is 1. The van der Waals surface area contributed by atoms with Crippen molar-refractivity contribution >= 4 is 11.7 Å². The summed E-state index contributed by atoms with van der Waals surface area (Å²) in [5.74, 6) is 0.523. The van der Waals surface area contributed by atoms with Crippen LogP contribution in [0.15, 0.2) is 48.5 Å². The van der Waals surface area contributed by atoms with Crippen LogP contribution in [0.3, 0.4) is 0 Å². The molecule has 188 valence electrons. The number of carbonyl (C=O) groups is 1. The van der Waals surface area contributed by atoms with Crippen LogP contribution in [0.25, 0.3) is 0 Å². The van der Waals surface area contributed by atoms with Crippen LogP contribution in [-0.4, -0.2) is 38.9 Å². The van der Waals surface area contributed by atoms with Gasteiger partial charge in [0.15, 0.2) is 0 Å². The highest BCUT2D eigenvalue weighted by atomic mass is 16.6. The zero-order valence-corrected chi connectivity index (χ0v) is 21.2. The first-order valence-corrected chi connectivity index (χ1v) is 13.0. The third-order valence-electron chi connectivity index (χ3n) is 5.68. The molecule has 2 aromatic rings. The van der Waals surface area contributed by atoms with Gasteiger partial charge in [-0.15, -0.1) is 0 Å². The largest absolute Gasteiger partial charge is 0.491 e. The molecule has 2 aromatic carbocycles. The number of hydrogen-bond donors (Lipinski definition) is 1. The first-order valence-electron chi connectivity index (χ1n) is 13.0. The molecule has 34 heavy (non-hydrogen) atoms. The van der Waals surface area contributed by atoms with E-state index < -0.39 is 0 Å². The lowest BCUT2D eigenvalue weighted by Gasteiger charge is -2.09. The number of unbranched alkanes of at least 4 members (excludes halogenated alkanes) is 6. The van der Waals surface area contributed by atoms with Gasteiger partial charge in [-0.05, 0) is 61.2 Å². The SMILES string of the molecule is CCCCCCCCc1ccc(OCCOCCOC(=O)c2ccc(NCCCC)cc2)cc1. The Hall–Kier alpha value is -2.53. The van der Waals surface area contributed by atoms with Crippen molar-refractivity contribution in [1.29, 1.82) is 0 Å². The van der Waals surface area contributed by atoms with E-state index in [0.29, 0.717) is 25.4 Å². The Balaban J connectivity index is 1.50. The molecule has 0 bridgehead atoms. The molecule has 5 nitrogen and oxygen atoms in total. The normalized spacial score (nSPS) is 10.8. The summed E-state index contributed by atoms with van der Waals surface area (Å²) in [5, 5.41) is 3.33. The van der Waals surface area contributed by atoms with Gasteiger partial charge in [0.1, 0.15) is 19.0 Å². The van der Waals surface area contributed by atoms with E-state index in [4.69, 9.17) is 14.2 Å². The van der Waals surface area contributed by atoms with Gasteiger partial charge in [-0.2, -0.15) is 0 Å². The molecular weight excluding hydrogens is 426 g/mol. The molecule has 0 spiro atoms. The molecule has 0 amide bonds. The van der Waals surface area contributed by atoms with Crippen LogP contribution >= 0.6 is 0 Å². The second kappa shape index (κ2) is 17.9. The Morgan fingerprint density at radius 1 is 0.735 bits per heavy atom. The summed E-state index contributed by atoms with van der Waals surface area (Å²) in [6.07, 6.45) is 11.3. The van der Waals surface area contributed by atoms with Gasteiger partial charge in [-0.1, -0.05) is 64.5 Å². The molecule has 0 fully saturated rings. The van der Waals surface area contributed by atoms with Gasteiger partial charge in [0, 0.05) is 12.2 Å². The predicted octanol–water partition coefficient (Wildman–Crippen LogP) is 7.05. The maximum atomic E-state index is 12.1. The summed E-state index contributed by atoms with van der Waals surface area (Å²) in [6.45, 7) is 6.85. The minimum atomic E-state index is -0.332. The fourth-order valence-corrected chi connectivity index (χ4v) is 3.59. The second-order valence-corrected chi connectivity index (χ2v) is 8.62. The molecule has 0 aliphatic rings. The van der Waals surface area contributed by atoms with Gasteiger partial charge in [0.2, 0.25) is 0 Å². The average molecular weight is 470 g/mol. The van der Waals surface area contributed by atoms with Gasteiger partial charge in [-0.3, -0.25) is 0 Å². The lowest BCUT2D eigenvalue weighted by atomic mass is 10.0. The summed E-state index contributed by atoms with van der Waals surface area (Å²) in [7, 11) is 0. The third kappa shape index (κ3) is 12.1. The van der Waals surface area contributed by atoms with Crippen molar-refractivity contribution in [3.63, 3.8) is 0 Å². The molecule has 0 unspecified atom stereocenters. The van der Waals surface area contributed by atoms with E-state index >= 15 is 0 Å². The van der Waals surface area contributed by atoms with Gasteiger partial charge in [0.05, 0.1) is 18.8 Å². The molecule has 0 heterocycles. The highest BCUT2D eigenvalue weighted by molar-refractivity contribution is 5.89. The topological polar surface area (TPSA) is 56.8 Å². The number of anilines is 1. The van der Waals surface area contributed by atoms with Crippen LogP contribution in [0, 0.1) is 0 Å². The van der Waals surface area contributed by atoms with Crippen molar-refractivity contribution in [2.24, 2.45) is 0 Å². The van der Waals surface area contributed by atoms with Crippen LogP contribution in [0.2, 0.25) is 0 Å². The number of ether oxygens (including phenoxy) is 3. The lowest BCUT2D eigenvalue weighted by Crippen LogP contribution is -2.14. The average Bonchev–Trinajstić information content (AvgIpc) is 2.87. The smallest absolute Gasteiger partial charge is 0.338 e. The Bertz CT molecular complexity index is 774. The molecule has 0 atom stereocenters. The Labute approximate surface area is 206 Å². The van der Waals surface area contributed by atoms with Crippen molar-refractivity contribution < 1.29 is 19.0 Å². The molecule has 0 radical (unpaired) electrons. The van der Waals surface area contributed by atoms with E-state index in [1.807, 2.05) is 24.3 Å². The van der Waals surface area contributed by atoms with Gasteiger partial charge in [-0.25, -0.2) is 4.79 Å². The molecule has 1 N–H and O–H groups in total. The summed E-state index contributed by atoms with van der Waals surface area (Å²) in [6, 6.07) is 15.7. The standard InChI is InChI=1S/C29H43NO4/c1-3-5-7-8-9-10-11-25-12-18-28(19-13-25)33-23-21-32-22-24-34-29(31)26-14-16-27(17-15-26)30-20-6-4-2/h12-19,30H,3-11,20-24H2,1-2H3. The zero-order valence-electron chi connectivity index (χ0n) is 21.2. The molecule has 0 aliphatic carbocycles. The van der Waals surface area contributed by atoms with Crippen LogP contribution in [0.4, 0.5) is 5.69 Å². The summed E-state index contributed by atoms with van der Waals surface area (Å²) in [4.78, 5) is 12.1. The van der Waals surface area contributed by atoms with E-state index in [9.17, 15) is 4.79 Å². The second-order valence-electron chi connectivity index (χ2n) is 8.62. The van der Waals surface area contributed by atoms with Gasteiger partial charge < -0.3 is 19.5 Å². The first kappa shape index (κ1) is 27.7. The predicted molar refractivity (Wildman–Crippen MR) is 140 cm³/mol. The van der Waals surface area contributed by atoms with Crippen LogP contribution in [-0.2, 0) is 15.9 Å². The molecule has 2 rings (SSSR count). The van der Waals surface area contributed by atoms with Crippen molar-refractivity contribution in [2.45, 2.75) is 71.6 Å². The molecule has 5 heteroatoms. The number of rotatable bonds is 19. The Morgan fingerprint density at radius 3 is 2.15 bits per heavy atom. The number of benzene rings is 2. The number of esters is 1. The molecular formula is C29H43NO4. The highest BCUT2D eigenvalue weighted by Crippen LogP contribution is 2.15. The quantitative estimate of drug-likeness (QED) is 0.176. The van der Waals surface area contributed by atoms with Crippen LogP contribution < -0.4 is 10.1 Å². The Kier molecular flexibility index (Phi) is 14.6. The van der Waals surface area contributed by atoms with E-state index in [1.54, 1.807) is 12.1 Å². The van der Waals surface area contributed by atoms with E-state index in [1.165, 1.54) is 44.1 Å². The summed E-state index contributed by atoms with van der Waals surface area (Å²) < 4.78 is 16.5. The monoisotopic (exact) mass is 469 g/mol. The van der Waals surface area contributed by atoms with Crippen molar-refractivity contribution in [2.75, 3.05) is 38.3 Å². The fraction of sp³-hybridized carbons (Fsp3) is 0.552. The van der Waals surface area contributed by atoms with Crippen LogP contribution in [0.1, 0.15) is 81.1 Å². The highest BCUT2D eigenvalue weighted by Gasteiger charge is 2.06. The zero-order chi connectivity index (χ0) is 24.3. The van der Waals surface area contributed by atoms with Crippen molar-refractivity contribution in [1.82, 2.24) is 0 Å². The van der Waals surface area contributed by atoms with Gasteiger partial charge >= 0.3 is 5.97 Å². The van der Waals surface area contributed by atoms with Crippen LogP contribution in [0.5, 0.6) is 5.75 Å². The summed E-state index contributed by atoms with van der Waals surface area (Å²) in [5.41, 5.74) is 2.92. The van der Waals surface area contributed by atoms with E-state index in [0.717, 1.165) is 37.2 Å². The lowest BCUT2D eigenvalue weighted by molar-refractivity contribution is 0.0273. The first-order chi connectivity index (χ1) is 16.7.